The Balaban J connectivity index is 2.38. The van der Waals surface area contributed by atoms with Crippen LogP contribution in [0.5, 0.6) is 0 Å². The molecule has 18 heavy (non-hydrogen) atoms. The van der Waals surface area contributed by atoms with Crippen LogP contribution < -0.4 is 0 Å². The summed E-state index contributed by atoms with van der Waals surface area (Å²) in [5.41, 5.74) is -0.0453. The second-order valence-corrected chi connectivity index (χ2v) is 4.23. The van der Waals surface area contributed by atoms with Gasteiger partial charge in [-0.25, -0.2) is 0 Å². The van der Waals surface area contributed by atoms with Crippen LogP contribution in [0.2, 0.25) is 0 Å². The first-order valence-corrected chi connectivity index (χ1v) is 5.46. The smallest absolute Gasteiger partial charge is 0.311 e. The van der Waals surface area contributed by atoms with Crippen molar-refractivity contribution in [2.75, 3.05) is 0 Å². The van der Waals surface area contributed by atoms with Gasteiger partial charge in [-0.2, -0.15) is 13.2 Å². The summed E-state index contributed by atoms with van der Waals surface area (Å²) in [6.45, 7) is 3.91. The largest absolute Gasteiger partial charge is 0.416 e. The van der Waals surface area contributed by atoms with E-state index in [-0.39, 0.29) is 6.04 Å². The Labute approximate surface area is 102 Å². The Morgan fingerprint density at radius 1 is 1.11 bits per heavy atom. The highest BCUT2D eigenvalue weighted by molar-refractivity contribution is 5.55. The minimum absolute atomic E-state index is 0.150. The van der Waals surface area contributed by atoms with E-state index in [2.05, 4.69) is 10.2 Å². The van der Waals surface area contributed by atoms with E-state index in [1.165, 1.54) is 12.1 Å². The van der Waals surface area contributed by atoms with Gasteiger partial charge in [-0.3, -0.25) is 0 Å². The number of nitrogens with zero attached hydrogens (tertiary/aromatic N) is 3. The van der Waals surface area contributed by atoms with E-state index >= 15 is 0 Å². The van der Waals surface area contributed by atoms with Crippen LogP contribution in [0.3, 0.4) is 0 Å². The third kappa shape index (κ3) is 2.37. The fourth-order valence-corrected chi connectivity index (χ4v) is 1.64. The summed E-state index contributed by atoms with van der Waals surface area (Å²) in [6, 6.07) is 5.07. The van der Waals surface area contributed by atoms with Crippen molar-refractivity contribution in [3.63, 3.8) is 0 Å². The molecule has 0 atom stereocenters. The Morgan fingerprint density at radius 2 is 1.72 bits per heavy atom. The molecule has 0 N–H and O–H groups in total. The average Bonchev–Trinajstić information content (AvgIpc) is 2.77. The quantitative estimate of drug-likeness (QED) is 0.821. The summed E-state index contributed by atoms with van der Waals surface area (Å²) in [5.74, 6) is 0.568. The fourth-order valence-electron chi connectivity index (χ4n) is 1.64. The Morgan fingerprint density at radius 3 is 2.22 bits per heavy atom. The number of alkyl halides is 3. The molecule has 0 radical (unpaired) electrons. The van der Waals surface area contributed by atoms with Crippen LogP contribution in [0.4, 0.5) is 13.2 Å². The number of aromatic nitrogens is 3. The van der Waals surface area contributed by atoms with Crippen LogP contribution >= 0.6 is 0 Å². The zero-order valence-corrected chi connectivity index (χ0v) is 9.94. The Kier molecular flexibility index (Phi) is 3.11. The van der Waals surface area contributed by atoms with Crippen molar-refractivity contribution in [2.45, 2.75) is 26.1 Å². The summed E-state index contributed by atoms with van der Waals surface area (Å²) < 4.78 is 39.1. The monoisotopic (exact) mass is 255 g/mol. The highest BCUT2D eigenvalue weighted by atomic mass is 19.4. The number of benzene rings is 1. The summed E-state index contributed by atoms with van der Waals surface area (Å²) >= 11 is 0. The Hall–Kier alpha value is -1.85. The van der Waals surface area contributed by atoms with E-state index < -0.39 is 11.7 Å². The SMILES string of the molecule is CC(C)n1cnnc1-c1ccc(C(F)(F)F)cc1. The van der Waals surface area contributed by atoms with Gasteiger partial charge in [0.05, 0.1) is 5.56 Å². The van der Waals surface area contributed by atoms with Crippen LogP contribution in [-0.2, 0) is 6.18 Å². The van der Waals surface area contributed by atoms with Crippen molar-refractivity contribution in [3.8, 4) is 11.4 Å². The van der Waals surface area contributed by atoms with E-state index in [4.69, 9.17) is 0 Å². The molecule has 0 unspecified atom stereocenters. The molecule has 0 bridgehead atoms. The molecule has 2 rings (SSSR count). The van der Waals surface area contributed by atoms with Gasteiger partial charge in [0, 0.05) is 11.6 Å². The minimum atomic E-state index is -4.32. The summed E-state index contributed by atoms with van der Waals surface area (Å²) in [6.07, 6.45) is -2.75. The van der Waals surface area contributed by atoms with Gasteiger partial charge >= 0.3 is 6.18 Å². The van der Waals surface area contributed by atoms with Crippen molar-refractivity contribution in [3.05, 3.63) is 36.2 Å². The van der Waals surface area contributed by atoms with Crippen molar-refractivity contribution in [2.24, 2.45) is 0 Å². The maximum Gasteiger partial charge on any atom is 0.416 e. The molecule has 1 heterocycles. The van der Waals surface area contributed by atoms with Gasteiger partial charge in [0.1, 0.15) is 6.33 Å². The van der Waals surface area contributed by atoms with E-state index in [0.717, 1.165) is 12.1 Å². The molecule has 0 aliphatic carbocycles. The number of hydrogen-bond donors (Lipinski definition) is 0. The molecule has 0 aliphatic rings. The predicted octanol–water partition coefficient (Wildman–Crippen LogP) is 3.54. The molecular formula is C12H12F3N3. The van der Waals surface area contributed by atoms with Crippen molar-refractivity contribution in [1.29, 1.82) is 0 Å². The third-order valence-corrected chi connectivity index (χ3v) is 2.60. The van der Waals surface area contributed by atoms with E-state index in [0.29, 0.717) is 11.4 Å². The number of hydrogen-bond acceptors (Lipinski definition) is 2. The lowest BCUT2D eigenvalue weighted by Crippen LogP contribution is -2.05. The maximum absolute atomic E-state index is 12.4. The zero-order chi connectivity index (χ0) is 13.3. The summed E-state index contributed by atoms with van der Waals surface area (Å²) in [7, 11) is 0. The van der Waals surface area contributed by atoms with Crippen molar-refractivity contribution in [1.82, 2.24) is 14.8 Å². The van der Waals surface area contributed by atoms with Crippen LogP contribution in [0, 0.1) is 0 Å². The van der Waals surface area contributed by atoms with E-state index in [1.807, 2.05) is 18.4 Å². The topological polar surface area (TPSA) is 30.7 Å². The molecule has 3 nitrogen and oxygen atoms in total. The third-order valence-electron chi connectivity index (χ3n) is 2.60. The molecule has 0 spiro atoms. The Bertz CT molecular complexity index is 526. The van der Waals surface area contributed by atoms with Gasteiger partial charge in [0.25, 0.3) is 0 Å². The van der Waals surface area contributed by atoms with Gasteiger partial charge in [-0.1, -0.05) is 12.1 Å². The van der Waals surface area contributed by atoms with Gasteiger partial charge in [0.2, 0.25) is 0 Å². The highest BCUT2D eigenvalue weighted by Crippen LogP contribution is 2.30. The number of halogens is 3. The zero-order valence-electron chi connectivity index (χ0n) is 9.94. The maximum atomic E-state index is 12.4. The lowest BCUT2D eigenvalue weighted by molar-refractivity contribution is -0.137. The molecular weight excluding hydrogens is 243 g/mol. The lowest BCUT2D eigenvalue weighted by atomic mass is 10.1. The van der Waals surface area contributed by atoms with Gasteiger partial charge in [-0.05, 0) is 26.0 Å². The van der Waals surface area contributed by atoms with E-state index in [1.54, 1.807) is 6.33 Å². The lowest BCUT2D eigenvalue weighted by Gasteiger charge is -2.11. The summed E-state index contributed by atoms with van der Waals surface area (Å²) in [5, 5.41) is 7.71. The fraction of sp³-hybridized carbons (Fsp3) is 0.333. The molecule has 0 fully saturated rings. The number of rotatable bonds is 2. The van der Waals surface area contributed by atoms with Crippen LogP contribution in [-0.4, -0.2) is 14.8 Å². The van der Waals surface area contributed by atoms with Gasteiger partial charge in [0.15, 0.2) is 5.82 Å². The molecule has 96 valence electrons. The first-order valence-electron chi connectivity index (χ1n) is 5.46. The molecule has 1 aromatic heterocycles. The second-order valence-electron chi connectivity index (χ2n) is 4.23. The van der Waals surface area contributed by atoms with E-state index in [9.17, 15) is 13.2 Å². The molecule has 6 heteroatoms. The minimum Gasteiger partial charge on any atom is -0.311 e. The van der Waals surface area contributed by atoms with Crippen LogP contribution in [0.15, 0.2) is 30.6 Å². The van der Waals surface area contributed by atoms with Crippen molar-refractivity contribution >= 4 is 0 Å². The second kappa shape index (κ2) is 4.44. The molecule has 2 aromatic rings. The molecule has 0 saturated carbocycles. The molecule has 0 amide bonds. The highest BCUT2D eigenvalue weighted by Gasteiger charge is 2.30. The standard InChI is InChI=1S/C12H12F3N3/c1-8(2)18-7-16-17-11(18)9-3-5-10(6-4-9)12(13,14)15/h3-8H,1-2H3. The van der Waals surface area contributed by atoms with Crippen LogP contribution in [0.1, 0.15) is 25.5 Å². The molecule has 1 aromatic carbocycles. The first kappa shape index (κ1) is 12.6. The predicted molar refractivity (Wildman–Crippen MR) is 60.8 cm³/mol. The van der Waals surface area contributed by atoms with Crippen LogP contribution in [0.25, 0.3) is 11.4 Å². The van der Waals surface area contributed by atoms with Crippen molar-refractivity contribution < 1.29 is 13.2 Å². The molecule has 0 saturated heterocycles. The van der Waals surface area contributed by atoms with Gasteiger partial charge in [-0.15, -0.1) is 10.2 Å². The molecule has 0 aliphatic heterocycles. The summed E-state index contributed by atoms with van der Waals surface area (Å²) in [4.78, 5) is 0. The average molecular weight is 255 g/mol. The van der Waals surface area contributed by atoms with Gasteiger partial charge < -0.3 is 4.57 Å². The first-order chi connectivity index (χ1) is 8.39. The normalized spacial score (nSPS) is 12.1.